The molecule has 2 rings (SSSR count). The largest absolute Gasteiger partial charge is 0.369 e. The van der Waals surface area contributed by atoms with E-state index in [1.165, 1.54) is 10.1 Å². The van der Waals surface area contributed by atoms with E-state index >= 15 is 0 Å². The average molecular weight is 221 g/mol. The first kappa shape index (κ1) is 10.4. The summed E-state index contributed by atoms with van der Waals surface area (Å²) >= 11 is 1.55. The molecule has 0 amide bonds. The van der Waals surface area contributed by atoms with Crippen molar-refractivity contribution in [3.8, 4) is 0 Å². The summed E-state index contributed by atoms with van der Waals surface area (Å²) in [4.78, 5) is 0. The normalized spacial score (nSPS) is 10.7. The van der Waals surface area contributed by atoms with Crippen LogP contribution in [0, 0.1) is 0 Å². The van der Waals surface area contributed by atoms with E-state index < -0.39 is 0 Å². The van der Waals surface area contributed by atoms with Crippen LogP contribution in [0.1, 0.15) is 6.42 Å². The molecule has 1 aromatic carbocycles. The van der Waals surface area contributed by atoms with E-state index in [4.69, 9.17) is 0 Å². The Balaban J connectivity index is 2.02. The summed E-state index contributed by atoms with van der Waals surface area (Å²) in [7, 11) is 1.97. The van der Waals surface area contributed by atoms with Crippen LogP contribution < -0.4 is 10.6 Å². The van der Waals surface area contributed by atoms with Crippen LogP contribution in [0.4, 0.5) is 5.82 Å². The number of aromatic nitrogens is 1. The van der Waals surface area contributed by atoms with Crippen molar-refractivity contribution in [3.05, 3.63) is 24.3 Å². The van der Waals surface area contributed by atoms with Gasteiger partial charge in [-0.2, -0.15) is 4.37 Å². The second-order valence-electron chi connectivity index (χ2n) is 3.41. The molecule has 3 nitrogen and oxygen atoms in total. The summed E-state index contributed by atoms with van der Waals surface area (Å²) < 4.78 is 5.65. The summed E-state index contributed by atoms with van der Waals surface area (Å²) in [5.41, 5.74) is 0. The lowest BCUT2D eigenvalue weighted by molar-refractivity contribution is 0.747. The van der Waals surface area contributed by atoms with Crippen molar-refractivity contribution >= 4 is 27.4 Å². The molecule has 0 fully saturated rings. The highest BCUT2D eigenvalue weighted by Gasteiger charge is 2.03. The van der Waals surface area contributed by atoms with Crippen molar-refractivity contribution in [1.82, 2.24) is 9.69 Å². The molecule has 0 saturated heterocycles. The first-order valence-electron chi connectivity index (χ1n) is 5.14. The Hall–Kier alpha value is -1.13. The molecule has 0 bridgehead atoms. The van der Waals surface area contributed by atoms with Crippen LogP contribution in [0.5, 0.6) is 0 Å². The van der Waals surface area contributed by atoms with Gasteiger partial charge in [-0.1, -0.05) is 12.1 Å². The van der Waals surface area contributed by atoms with Gasteiger partial charge in [0.2, 0.25) is 0 Å². The maximum absolute atomic E-state index is 4.40. The van der Waals surface area contributed by atoms with Crippen molar-refractivity contribution in [1.29, 1.82) is 0 Å². The van der Waals surface area contributed by atoms with Gasteiger partial charge in [-0.25, -0.2) is 0 Å². The molecule has 0 aliphatic carbocycles. The van der Waals surface area contributed by atoms with Gasteiger partial charge in [-0.05, 0) is 43.7 Å². The minimum Gasteiger partial charge on any atom is -0.369 e. The number of hydrogen-bond donors (Lipinski definition) is 2. The van der Waals surface area contributed by atoms with Gasteiger partial charge in [0, 0.05) is 11.9 Å². The van der Waals surface area contributed by atoms with Gasteiger partial charge >= 0.3 is 0 Å². The van der Waals surface area contributed by atoms with Crippen LogP contribution in [0.25, 0.3) is 10.1 Å². The van der Waals surface area contributed by atoms with Crippen LogP contribution in [0.3, 0.4) is 0 Å². The molecule has 2 N–H and O–H groups in total. The molecule has 1 aromatic heterocycles. The van der Waals surface area contributed by atoms with E-state index in [-0.39, 0.29) is 0 Å². The lowest BCUT2D eigenvalue weighted by Gasteiger charge is -2.02. The van der Waals surface area contributed by atoms with Gasteiger partial charge in [-0.3, -0.25) is 0 Å². The van der Waals surface area contributed by atoms with Gasteiger partial charge in [0.1, 0.15) is 5.82 Å². The highest BCUT2D eigenvalue weighted by molar-refractivity contribution is 7.13. The third kappa shape index (κ3) is 2.46. The molecule has 0 aliphatic heterocycles. The molecule has 0 radical (unpaired) electrons. The number of rotatable bonds is 5. The fraction of sp³-hybridized carbons (Fsp3) is 0.364. The van der Waals surface area contributed by atoms with E-state index in [2.05, 4.69) is 33.2 Å². The highest BCUT2D eigenvalue weighted by Crippen LogP contribution is 2.25. The number of benzene rings is 1. The quantitative estimate of drug-likeness (QED) is 0.761. The van der Waals surface area contributed by atoms with E-state index in [0.717, 1.165) is 25.3 Å². The fourth-order valence-electron chi connectivity index (χ4n) is 1.49. The molecule has 0 atom stereocenters. The summed E-state index contributed by atoms with van der Waals surface area (Å²) in [6, 6.07) is 8.31. The van der Waals surface area contributed by atoms with Gasteiger partial charge in [0.05, 0.1) is 4.70 Å². The standard InChI is InChI=1S/C11H15N3S/c1-12-7-4-8-13-11-9-5-2-3-6-10(9)15-14-11/h2-3,5-6,12H,4,7-8H2,1H3,(H,13,14). The first-order chi connectivity index (χ1) is 7.42. The predicted molar refractivity (Wildman–Crippen MR) is 66.7 cm³/mol. The zero-order chi connectivity index (χ0) is 10.5. The van der Waals surface area contributed by atoms with E-state index in [1.807, 2.05) is 13.1 Å². The highest BCUT2D eigenvalue weighted by atomic mass is 32.1. The van der Waals surface area contributed by atoms with Crippen LogP contribution in [-0.2, 0) is 0 Å². The topological polar surface area (TPSA) is 37.0 Å². The molecule has 80 valence electrons. The molecule has 1 heterocycles. The first-order valence-corrected chi connectivity index (χ1v) is 5.92. The lowest BCUT2D eigenvalue weighted by Crippen LogP contribution is -2.12. The third-order valence-corrected chi connectivity index (χ3v) is 3.10. The average Bonchev–Trinajstić information content (AvgIpc) is 2.68. The smallest absolute Gasteiger partial charge is 0.147 e. The minimum atomic E-state index is 0.967. The maximum atomic E-state index is 4.40. The number of nitrogens with one attached hydrogen (secondary N) is 2. The summed E-state index contributed by atoms with van der Waals surface area (Å²) in [5.74, 6) is 1.02. The Kier molecular flexibility index (Phi) is 3.53. The van der Waals surface area contributed by atoms with E-state index in [9.17, 15) is 0 Å². The Morgan fingerprint density at radius 2 is 2.13 bits per heavy atom. The summed E-state index contributed by atoms with van der Waals surface area (Å²) in [6.45, 7) is 2.00. The molecule has 0 spiro atoms. The van der Waals surface area contributed by atoms with Gasteiger partial charge in [-0.15, -0.1) is 0 Å². The predicted octanol–water partition coefficient (Wildman–Crippen LogP) is 2.32. The molecule has 2 aromatic rings. The maximum Gasteiger partial charge on any atom is 0.147 e. The Labute approximate surface area is 93.7 Å². The molecular formula is C11H15N3S. The van der Waals surface area contributed by atoms with E-state index in [0.29, 0.717) is 0 Å². The number of anilines is 1. The van der Waals surface area contributed by atoms with Crippen molar-refractivity contribution in [2.24, 2.45) is 0 Å². The van der Waals surface area contributed by atoms with Crippen LogP contribution in [0.15, 0.2) is 24.3 Å². The molecule has 0 aliphatic rings. The Morgan fingerprint density at radius 1 is 1.27 bits per heavy atom. The van der Waals surface area contributed by atoms with E-state index in [1.54, 1.807) is 11.5 Å². The minimum absolute atomic E-state index is 0.967. The zero-order valence-electron chi connectivity index (χ0n) is 8.79. The van der Waals surface area contributed by atoms with Gasteiger partial charge in [0.25, 0.3) is 0 Å². The summed E-state index contributed by atoms with van der Waals surface area (Å²) in [6.07, 6.45) is 1.11. The Morgan fingerprint density at radius 3 is 3.00 bits per heavy atom. The fourth-order valence-corrected chi connectivity index (χ4v) is 2.24. The van der Waals surface area contributed by atoms with Gasteiger partial charge in [0.15, 0.2) is 0 Å². The van der Waals surface area contributed by atoms with Crippen LogP contribution >= 0.6 is 11.5 Å². The SMILES string of the molecule is CNCCCNc1nsc2ccccc12. The summed E-state index contributed by atoms with van der Waals surface area (Å²) in [5, 5.41) is 7.72. The molecular weight excluding hydrogens is 206 g/mol. The van der Waals surface area contributed by atoms with Crippen LogP contribution in [-0.4, -0.2) is 24.5 Å². The van der Waals surface area contributed by atoms with Crippen molar-refractivity contribution in [3.63, 3.8) is 0 Å². The molecule has 15 heavy (non-hydrogen) atoms. The third-order valence-electron chi connectivity index (χ3n) is 2.27. The molecule has 0 unspecified atom stereocenters. The number of nitrogens with zero attached hydrogens (tertiary/aromatic N) is 1. The van der Waals surface area contributed by atoms with Crippen molar-refractivity contribution < 1.29 is 0 Å². The Bertz CT molecular complexity index is 424. The van der Waals surface area contributed by atoms with Crippen LogP contribution in [0.2, 0.25) is 0 Å². The zero-order valence-corrected chi connectivity index (χ0v) is 9.60. The van der Waals surface area contributed by atoms with Gasteiger partial charge < -0.3 is 10.6 Å². The van der Waals surface area contributed by atoms with Crippen molar-refractivity contribution in [2.75, 3.05) is 25.5 Å². The number of hydrogen-bond acceptors (Lipinski definition) is 4. The number of fused-ring (bicyclic) bond motifs is 1. The molecule has 0 saturated carbocycles. The second-order valence-corrected chi connectivity index (χ2v) is 4.22. The lowest BCUT2D eigenvalue weighted by atomic mass is 10.2. The molecule has 4 heteroatoms. The van der Waals surface area contributed by atoms with Crippen molar-refractivity contribution in [2.45, 2.75) is 6.42 Å². The second kappa shape index (κ2) is 5.09. The monoisotopic (exact) mass is 221 g/mol.